The van der Waals surface area contributed by atoms with Gasteiger partial charge in [0.05, 0.1) is 22.8 Å². The molecule has 0 aliphatic carbocycles. The van der Waals surface area contributed by atoms with Crippen LogP contribution < -0.4 is 5.32 Å². The predicted molar refractivity (Wildman–Crippen MR) is 78.0 cm³/mol. The van der Waals surface area contributed by atoms with Gasteiger partial charge in [0, 0.05) is 15.5 Å². The summed E-state index contributed by atoms with van der Waals surface area (Å²) >= 11 is 4.80. The van der Waals surface area contributed by atoms with Crippen molar-refractivity contribution in [3.63, 3.8) is 0 Å². The summed E-state index contributed by atoms with van der Waals surface area (Å²) in [6.07, 6.45) is -3.48. The van der Waals surface area contributed by atoms with Crippen LogP contribution in [0.1, 0.15) is 23.2 Å². The van der Waals surface area contributed by atoms with E-state index in [0.29, 0.717) is 16.7 Å². The summed E-state index contributed by atoms with van der Waals surface area (Å²) in [4.78, 5) is 4.36. The summed E-state index contributed by atoms with van der Waals surface area (Å²) < 4.78 is 38.6. The monoisotopic (exact) mass is 364 g/mol. The lowest BCUT2D eigenvalue weighted by Crippen LogP contribution is -2.07. The van der Waals surface area contributed by atoms with Gasteiger partial charge >= 0.3 is 6.18 Å². The molecule has 108 valence electrons. The molecule has 0 bridgehead atoms. The fraction of sp³-hybridized carbons (Fsp3) is 0.308. The first kappa shape index (κ1) is 15.3. The second kappa shape index (κ2) is 6.13. The van der Waals surface area contributed by atoms with Crippen LogP contribution in [0, 0.1) is 0 Å². The van der Waals surface area contributed by atoms with Crippen LogP contribution in [0.2, 0.25) is 0 Å². The first-order valence-electron chi connectivity index (χ1n) is 5.94. The van der Waals surface area contributed by atoms with Crippen molar-refractivity contribution < 1.29 is 13.2 Å². The molecule has 2 rings (SSSR count). The summed E-state index contributed by atoms with van der Waals surface area (Å²) in [6, 6.07) is 3.54. The third-order valence-electron chi connectivity index (χ3n) is 2.66. The Morgan fingerprint density at radius 1 is 1.35 bits per heavy atom. The molecular weight excluding hydrogens is 353 g/mol. The Bertz CT molecular complexity index is 596. The highest BCUT2D eigenvalue weighted by molar-refractivity contribution is 9.10. The second-order valence-corrected chi connectivity index (χ2v) is 5.93. The number of benzene rings is 1. The summed E-state index contributed by atoms with van der Waals surface area (Å²) in [7, 11) is 0. The summed E-state index contributed by atoms with van der Waals surface area (Å²) in [6.45, 7) is 2.41. The molecule has 2 nitrogen and oxygen atoms in total. The number of thiazole rings is 1. The Morgan fingerprint density at radius 3 is 2.70 bits per heavy atom. The molecule has 0 radical (unpaired) electrons. The van der Waals surface area contributed by atoms with Crippen molar-refractivity contribution in [2.24, 2.45) is 0 Å². The minimum absolute atomic E-state index is 0.399. The number of aryl methyl sites for hydroxylation is 1. The van der Waals surface area contributed by atoms with Crippen molar-refractivity contribution in [3.8, 4) is 0 Å². The highest BCUT2D eigenvalue weighted by Gasteiger charge is 2.30. The van der Waals surface area contributed by atoms with Gasteiger partial charge in [0.1, 0.15) is 0 Å². The van der Waals surface area contributed by atoms with Gasteiger partial charge in [0.2, 0.25) is 0 Å². The fourth-order valence-electron chi connectivity index (χ4n) is 1.62. The van der Waals surface area contributed by atoms with E-state index in [0.717, 1.165) is 29.3 Å². The van der Waals surface area contributed by atoms with E-state index in [1.165, 1.54) is 6.07 Å². The van der Waals surface area contributed by atoms with Gasteiger partial charge < -0.3 is 5.32 Å². The molecule has 7 heteroatoms. The zero-order valence-electron chi connectivity index (χ0n) is 10.6. The number of nitrogens with zero attached hydrogens (tertiary/aromatic N) is 1. The maximum atomic E-state index is 12.7. The lowest BCUT2D eigenvalue weighted by molar-refractivity contribution is -0.137. The van der Waals surface area contributed by atoms with E-state index < -0.39 is 11.7 Å². The molecule has 0 saturated carbocycles. The van der Waals surface area contributed by atoms with Gasteiger partial charge in [-0.3, -0.25) is 0 Å². The quantitative estimate of drug-likeness (QED) is 0.816. The zero-order valence-corrected chi connectivity index (χ0v) is 13.0. The van der Waals surface area contributed by atoms with Crippen molar-refractivity contribution >= 4 is 33.0 Å². The van der Waals surface area contributed by atoms with Crippen LogP contribution in [0.25, 0.3) is 0 Å². The largest absolute Gasteiger partial charge is 0.416 e. The second-order valence-electron chi connectivity index (χ2n) is 4.13. The maximum Gasteiger partial charge on any atom is 0.416 e. The Hall–Kier alpha value is -1.08. The average Bonchev–Trinajstić information content (AvgIpc) is 2.84. The smallest absolute Gasteiger partial charge is 0.378 e. The molecule has 1 aromatic heterocycles. The molecule has 0 aliphatic rings. The maximum absolute atomic E-state index is 12.7. The molecule has 1 N–H and O–H groups in total. The van der Waals surface area contributed by atoms with Crippen molar-refractivity contribution in [1.82, 2.24) is 4.98 Å². The SMILES string of the molecule is CCc1nc(CNc2cc(C(F)(F)F)ccc2Br)cs1. The third-order valence-corrected chi connectivity index (χ3v) is 4.39. The summed E-state index contributed by atoms with van der Waals surface area (Å²) in [5.74, 6) is 0. The minimum Gasteiger partial charge on any atom is -0.378 e. The number of halogens is 4. The molecule has 0 saturated heterocycles. The lowest BCUT2D eigenvalue weighted by atomic mass is 10.2. The van der Waals surface area contributed by atoms with Crippen LogP contribution >= 0.6 is 27.3 Å². The van der Waals surface area contributed by atoms with Crippen molar-refractivity contribution in [2.45, 2.75) is 26.1 Å². The number of hydrogen-bond acceptors (Lipinski definition) is 3. The van der Waals surface area contributed by atoms with Crippen LogP contribution in [-0.4, -0.2) is 4.98 Å². The van der Waals surface area contributed by atoms with Gasteiger partial charge in [-0.1, -0.05) is 6.92 Å². The number of aromatic nitrogens is 1. The third kappa shape index (κ3) is 3.73. The highest BCUT2D eigenvalue weighted by Crippen LogP contribution is 2.34. The van der Waals surface area contributed by atoms with E-state index in [1.54, 1.807) is 11.3 Å². The molecule has 0 atom stereocenters. The Morgan fingerprint density at radius 2 is 2.10 bits per heavy atom. The summed E-state index contributed by atoms with van der Waals surface area (Å²) in [5, 5.41) is 5.90. The molecule has 0 amide bonds. The van der Waals surface area contributed by atoms with Gasteiger partial charge in [-0.15, -0.1) is 11.3 Å². The molecular formula is C13H12BrF3N2S. The number of alkyl halides is 3. The predicted octanol–water partition coefficient (Wildman–Crippen LogP) is 5.10. The van der Waals surface area contributed by atoms with E-state index in [9.17, 15) is 13.2 Å². The first-order chi connectivity index (χ1) is 9.40. The molecule has 20 heavy (non-hydrogen) atoms. The Labute approximate surface area is 127 Å². The highest BCUT2D eigenvalue weighted by atomic mass is 79.9. The van der Waals surface area contributed by atoms with E-state index >= 15 is 0 Å². The summed E-state index contributed by atoms with van der Waals surface area (Å²) in [5.41, 5.74) is 0.567. The van der Waals surface area contributed by atoms with Crippen LogP contribution in [-0.2, 0) is 19.1 Å². The van der Waals surface area contributed by atoms with Crippen molar-refractivity contribution in [3.05, 3.63) is 44.3 Å². The van der Waals surface area contributed by atoms with Crippen LogP contribution in [0.15, 0.2) is 28.1 Å². The molecule has 2 aromatic rings. The molecule has 1 heterocycles. The Kier molecular flexibility index (Phi) is 4.70. The van der Waals surface area contributed by atoms with Gasteiger partial charge in [-0.2, -0.15) is 13.2 Å². The molecule has 1 aromatic carbocycles. The van der Waals surface area contributed by atoms with Gasteiger partial charge in [-0.05, 0) is 40.5 Å². The number of nitrogens with one attached hydrogen (secondary N) is 1. The van der Waals surface area contributed by atoms with Crippen molar-refractivity contribution in [2.75, 3.05) is 5.32 Å². The van der Waals surface area contributed by atoms with E-state index in [-0.39, 0.29) is 0 Å². The Balaban J connectivity index is 2.12. The minimum atomic E-state index is -4.34. The van der Waals surface area contributed by atoms with E-state index in [4.69, 9.17) is 0 Å². The fourth-order valence-corrected chi connectivity index (χ4v) is 2.75. The lowest BCUT2D eigenvalue weighted by Gasteiger charge is -2.11. The number of rotatable bonds is 4. The molecule has 0 aliphatic heterocycles. The number of anilines is 1. The zero-order chi connectivity index (χ0) is 14.8. The van der Waals surface area contributed by atoms with Crippen LogP contribution in [0.3, 0.4) is 0 Å². The average molecular weight is 365 g/mol. The standard InChI is InChI=1S/C13H12BrF3N2S/c1-2-12-19-9(7-20-12)6-18-11-5-8(13(15,16)17)3-4-10(11)14/h3-5,7,18H,2,6H2,1H3. The molecule has 0 spiro atoms. The van der Waals surface area contributed by atoms with Gasteiger partial charge in [0.15, 0.2) is 0 Å². The van der Waals surface area contributed by atoms with Gasteiger partial charge in [0.25, 0.3) is 0 Å². The van der Waals surface area contributed by atoms with Crippen LogP contribution in [0.4, 0.5) is 18.9 Å². The first-order valence-corrected chi connectivity index (χ1v) is 7.61. The van der Waals surface area contributed by atoms with Crippen LogP contribution in [0.5, 0.6) is 0 Å². The van der Waals surface area contributed by atoms with E-state index in [2.05, 4.69) is 26.2 Å². The molecule has 0 unspecified atom stereocenters. The van der Waals surface area contributed by atoms with E-state index in [1.807, 2.05) is 12.3 Å². The normalized spacial score (nSPS) is 11.7. The van der Waals surface area contributed by atoms with Gasteiger partial charge in [-0.25, -0.2) is 4.98 Å². The topological polar surface area (TPSA) is 24.9 Å². The number of hydrogen-bond donors (Lipinski definition) is 1. The van der Waals surface area contributed by atoms with Crippen molar-refractivity contribution in [1.29, 1.82) is 0 Å². The molecule has 0 fully saturated rings.